The first-order valence-corrected chi connectivity index (χ1v) is 13.0. The quantitative estimate of drug-likeness (QED) is 0.142. The third-order valence-corrected chi connectivity index (χ3v) is 8.03. The Hall–Kier alpha value is -3.52. The Kier molecular flexibility index (Phi) is 8.38. The number of benzene rings is 2. The van der Waals surface area contributed by atoms with Crippen molar-refractivity contribution in [3.05, 3.63) is 86.4 Å². The van der Waals surface area contributed by atoms with Crippen molar-refractivity contribution in [1.29, 1.82) is 5.26 Å². The third-order valence-electron chi connectivity index (χ3n) is 5.33. The van der Waals surface area contributed by atoms with E-state index >= 15 is 0 Å². The van der Waals surface area contributed by atoms with Crippen LogP contribution >= 0.6 is 34.7 Å². The normalized spacial score (nSPS) is 11.3. The number of ether oxygens (including phenoxy) is 1. The molecule has 0 bridgehead atoms. The number of carbonyl (C=O) groups is 1. The first-order chi connectivity index (χ1) is 17.8. The van der Waals surface area contributed by atoms with Crippen LogP contribution < -0.4 is 10.2 Å². The van der Waals surface area contributed by atoms with Gasteiger partial charge in [0.25, 0.3) is 12.3 Å². The van der Waals surface area contributed by atoms with Gasteiger partial charge < -0.3 is 4.74 Å². The summed E-state index contributed by atoms with van der Waals surface area (Å²) in [6.07, 6.45) is -1.26. The Balaban J connectivity index is 1.50. The Labute approximate surface area is 224 Å². The van der Waals surface area contributed by atoms with Gasteiger partial charge in [0.1, 0.15) is 27.4 Å². The Bertz CT molecular complexity index is 1550. The number of nitrogens with one attached hydrogen (secondary N) is 1. The summed E-state index contributed by atoms with van der Waals surface area (Å²) in [5.41, 5.74) is 4.23. The van der Waals surface area contributed by atoms with Crippen LogP contribution in [0.4, 0.5) is 8.78 Å². The highest BCUT2D eigenvalue weighted by atomic mass is 35.5. The fraction of sp³-hybridized carbons (Fsp3) is 0.154. The fourth-order valence-electron chi connectivity index (χ4n) is 3.53. The molecule has 2 aromatic heterocycles. The maximum atomic E-state index is 13.2. The summed E-state index contributed by atoms with van der Waals surface area (Å²) >= 11 is 8.81. The van der Waals surface area contributed by atoms with Gasteiger partial charge in [-0.3, -0.25) is 4.79 Å². The maximum absolute atomic E-state index is 13.2. The molecule has 0 atom stereocenters. The predicted octanol–water partition coefficient (Wildman–Crippen LogP) is 7.13. The van der Waals surface area contributed by atoms with Gasteiger partial charge in [-0.15, -0.1) is 23.1 Å². The van der Waals surface area contributed by atoms with E-state index in [0.29, 0.717) is 32.5 Å². The molecule has 0 aliphatic rings. The average molecular weight is 557 g/mol. The van der Waals surface area contributed by atoms with E-state index < -0.39 is 12.3 Å². The predicted molar refractivity (Wildman–Crippen MR) is 143 cm³/mol. The molecule has 1 amide bonds. The summed E-state index contributed by atoms with van der Waals surface area (Å²) in [7, 11) is 1.52. The minimum atomic E-state index is -2.74. The first-order valence-electron chi connectivity index (χ1n) is 10.8. The summed E-state index contributed by atoms with van der Waals surface area (Å²) < 4.78 is 32.8. The van der Waals surface area contributed by atoms with Crippen LogP contribution in [0.15, 0.2) is 58.7 Å². The number of aryl methyl sites for hydroxylation is 1. The molecule has 0 aliphatic carbocycles. The molecule has 1 N–H and O–H groups in total. The molecule has 0 radical (unpaired) electrons. The fourth-order valence-corrected chi connectivity index (χ4v) is 5.98. The molecular weight excluding hydrogens is 538 g/mol. The lowest BCUT2D eigenvalue weighted by Crippen LogP contribution is -2.16. The van der Waals surface area contributed by atoms with Gasteiger partial charge in [0, 0.05) is 21.4 Å². The highest BCUT2D eigenvalue weighted by Gasteiger charge is 2.18. The number of thioether (sulfide) groups is 1. The molecular formula is C26H19ClF2N4O2S2. The minimum Gasteiger partial charge on any atom is -0.496 e. The zero-order valence-corrected chi connectivity index (χ0v) is 22.0. The van der Waals surface area contributed by atoms with Crippen LogP contribution in [0.2, 0.25) is 5.02 Å². The van der Waals surface area contributed by atoms with Gasteiger partial charge >= 0.3 is 0 Å². The number of nitrogens with zero attached hydrogens (tertiary/aromatic N) is 3. The third kappa shape index (κ3) is 5.91. The van der Waals surface area contributed by atoms with Crippen molar-refractivity contribution < 1.29 is 18.3 Å². The van der Waals surface area contributed by atoms with Gasteiger partial charge in [-0.2, -0.15) is 10.4 Å². The number of halogens is 3. The van der Waals surface area contributed by atoms with E-state index in [2.05, 4.69) is 15.5 Å². The molecule has 0 unspecified atom stereocenters. The standard InChI is InChI=1S/C26H19ClF2N4O2S2/c1-14-9-19(24(28)29)32-26(18(14)11-30)36-13-16-10-15(7-8-20(16)35-2)12-31-33-25(34)23-22(27)17-5-3-4-6-21(17)37-23/h3-10,12,24H,13H2,1-2H3,(H,33,34)/b31-12+. The van der Waals surface area contributed by atoms with Crippen molar-refractivity contribution in [1.82, 2.24) is 10.4 Å². The zero-order valence-electron chi connectivity index (χ0n) is 19.6. The number of hydrazone groups is 1. The summed E-state index contributed by atoms with van der Waals surface area (Å²) in [6.45, 7) is 1.61. The SMILES string of the molecule is COc1ccc(/C=N/NC(=O)c2sc3ccccc3c2Cl)cc1CSc1nc(C(F)F)cc(C)c1C#N. The summed E-state index contributed by atoms with van der Waals surface area (Å²) in [6, 6.07) is 16.0. The van der Waals surface area contributed by atoms with E-state index in [1.165, 1.54) is 30.7 Å². The summed E-state index contributed by atoms with van der Waals surface area (Å²) in [5.74, 6) is 0.463. The minimum absolute atomic E-state index is 0.228. The highest BCUT2D eigenvalue weighted by Crippen LogP contribution is 2.35. The van der Waals surface area contributed by atoms with Crippen LogP contribution in [0.3, 0.4) is 0 Å². The molecule has 4 rings (SSSR count). The highest BCUT2D eigenvalue weighted by molar-refractivity contribution is 7.98. The molecule has 4 aromatic rings. The van der Waals surface area contributed by atoms with Crippen molar-refractivity contribution in [2.24, 2.45) is 5.10 Å². The van der Waals surface area contributed by atoms with Crippen LogP contribution in [0.1, 0.15) is 44.0 Å². The largest absolute Gasteiger partial charge is 0.496 e. The monoisotopic (exact) mass is 556 g/mol. The lowest BCUT2D eigenvalue weighted by molar-refractivity contribution is 0.0959. The Morgan fingerprint density at radius 1 is 1.32 bits per heavy atom. The van der Waals surface area contributed by atoms with Crippen LogP contribution in [0.25, 0.3) is 10.1 Å². The van der Waals surface area contributed by atoms with Crippen LogP contribution in [0, 0.1) is 18.3 Å². The van der Waals surface area contributed by atoms with E-state index in [1.54, 1.807) is 25.1 Å². The number of rotatable bonds is 8. The van der Waals surface area contributed by atoms with E-state index in [1.807, 2.05) is 30.3 Å². The topological polar surface area (TPSA) is 87.4 Å². The van der Waals surface area contributed by atoms with E-state index in [4.69, 9.17) is 16.3 Å². The average Bonchev–Trinajstić information content (AvgIpc) is 3.23. The van der Waals surface area contributed by atoms with Gasteiger partial charge in [-0.05, 0) is 48.4 Å². The number of alkyl halides is 2. The number of thiophene rings is 1. The van der Waals surface area contributed by atoms with E-state index in [-0.39, 0.29) is 16.3 Å². The molecule has 0 spiro atoms. The van der Waals surface area contributed by atoms with Crippen LogP contribution in [-0.2, 0) is 5.75 Å². The molecule has 0 aliphatic heterocycles. The molecule has 37 heavy (non-hydrogen) atoms. The maximum Gasteiger partial charge on any atom is 0.283 e. The first kappa shape index (κ1) is 26.5. The van der Waals surface area contributed by atoms with Gasteiger partial charge in [0.2, 0.25) is 0 Å². The molecule has 0 saturated carbocycles. The molecule has 0 fully saturated rings. The molecule has 2 aromatic carbocycles. The molecule has 6 nitrogen and oxygen atoms in total. The van der Waals surface area contributed by atoms with Gasteiger partial charge in [-0.1, -0.05) is 29.8 Å². The number of carbonyl (C=O) groups excluding carboxylic acids is 1. The number of methoxy groups -OCH3 is 1. The molecule has 2 heterocycles. The lowest BCUT2D eigenvalue weighted by atomic mass is 10.1. The lowest BCUT2D eigenvalue weighted by Gasteiger charge is -2.11. The van der Waals surface area contributed by atoms with E-state index in [9.17, 15) is 18.8 Å². The van der Waals surface area contributed by atoms with Crippen molar-refractivity contribution in [2.45, 2.75) is 24.1 Å². The number of aromatic nitrogens is 1. The molecule has 0 saturated heterocycles. The second-order valence-corrected chi connectivity index (χ2v) is 10.2. The number of pyridine rings is 1. The van der Waals surface area contributed by atoms with Crippen molar-refractivity contribution >= 4 is 56.9 Å². The Morgan fingerprint density at radius 3 is 2.81 bits per heavy atom. The summed E-state index contributed by atoms with van der Waals surface area (Å²) in [4.78, 5) is 17.0. The van der Waals surface area contributed by atoms with E-state index in [0.717, 1.165) is 27.4 Å². The van der Waals surface area contributed by atoms with Gasteiger partial charge in [0.05, 0.1) is 23.9 Å². The van der Waals surface area contributed by atoms with Gasteiger partial charge in [0.15, 0.2) is 0 Å². The number of nitriles is 1. The summed E-state index contributed by atoms with van der Waals surface area (Å²) in [5, 5.41) is 14.9. The number of hydrogen-bond acceptors (Lipinski definition) is 7. The van der Waals surface area contributed by atoms with Crippen molar-refractivity contribution in [3.63, 3.8) is 0 Å². The number of fused-ring (bicyclic) bond motifs is 1. The zero-order chi connectivity index (χ0) is 26.5. The Morgan fingerprint density at radius 2 is 2.11 bits per heavy atom. The van der Waals surface area contributed by atoms with Crippen molar-refractivity contribution in [3.8, 4) is 11.8 Å². The smallest absolute Gasteiger partial charge is 0.283 e. The van der Waals surface area contributed by atoms with Crippen LogP contribution in [-0.4, -0.2) is 24.2 Å². The molecule has 11 heteroatoms. The molecule has 188 valence electrons. The van der Waals surface area contributed by atoms with Crippen LogP contribution in [0.5, 0.6) is 5.75 Å². The van der Waals surface area contributed by atoms with Gasteiger partial charge in [-0.25, -0.2) is 19.2 Å². The number of hydrogen-bond donors (Lipinski definition) is 1. The second-order valence-electron chi connectivity index (χ2n) is 7.76. The van der Waals surface area contributed by atoms with Crippen molar-refractivity contribution in [2.75, 3.05) is 7.11 Å². The number of amides is 1. The second kappa shape index (κ2) is 11.7.